The third-order valence-electron chi connectivity index (χ3n) is 6.76. The van der Waals surface area contributed by atoms with E-state index in [2.05, 4.69) is 10.6 Å². The number of anilines is 1. The maximum atomic E-state index is 13.1. The van der Waals surface area contributed by atoms with E-state index in [0.717, 1.165) is 5.69 Å². The van der Waals surface area contributed by atoms with E-state index in [1.165, 1.54) is 0 Å². The molecule has 2 fully saturated rings. The van der Waals surface area contributed by atoms with E-state index >= 15 is 0 Å². The fourth-order valence-electron chi connectivity index (χ4n) is 4.78. The van der Waals surface area contributed by atoms with E-state index in [9.17, 15) is 19.5 Å². The van der Waals surface area contributed by atoms with Gasteiger partial charge in [-0.15, -0.1) is 0 Å². The van der Waals surface area contributed by atoms with Crippen molar-refractivity contribution < 1.29 is 19.5 Å². The maximum absolute atomic E-state index is 13.1. The van der Waals surface area contributed by atoms with Crippen molar-refractivity contribution in [2.75, 3.05) is 25.0 Å². The fourth-order valence-corrected chi connectivity index (χ4v) is 4.78. The summed E-state index contributed by atoms with van der Waals surface area (Å²) in [6, 6.07) is 6.78. The molecule has 1 aromatic carbocycles. The molecule has 0 aliphatic carbocycles. The Morgan fingerprint density at radius 3 is 2.73 bits per heavy atom. The normalized spacial score (nSPS) is 30.2. The number of aliphatic hydroxyl groups excluding tert-OH is 1. The van der Waals surface area contributed by atoms with Crippen LogP contribution in [0.2, 0.25) is 0 Å². The Bertz CT molecular complexity index is 859. The summed E-state index contributed by atoms with van der Waals surface area (Å²) in [5.41, 5.74) is 0.676. The molecule has 0 saturated carbocycles. The van der Waals surface area contributed by atoms with Gasteiger partial charge in [-0.05, 0) is 37.8 Å². The van der Waals surface area contributed by atoms with Crippen LogP contribution in [0.15, 0.2) is 24.3 Å². The van der Waals surface area contributed by atoms with Gasteiger partial charge in [-0.3, -0.25) is 14.4 Å². The van der Waals surface area contributed by atoms with E-state index in [0.29, 0.717) is 44.5 Å². The number of likely N-dealkylation sites (tertiary alicyclic amines) is 2. The van der Waals surface area contributed by atoms with E-state index in [4.69, 9.17) is 0 Å². The Kier molecular flexibility index (Phi) is 5.44. The summed E-state index contributed by atoms with van der Waals surface area (Å²) in [6.45, 7) is 5.11. The molecule has 30 heavy (non-hydrogen) atoms. The number of carbonyl (C=O) groups excluding carboxylic acids is 3. The van der Waals surface area contributed by atoms with Crippen molar-refractivity contribution in [3.05, 3.63) is 29.8 Å². The van der Waals surface area contributed by atoms with Crippen LogP contribution in [0.3, 0.4) is 0 Å². The zero-order valence-corrected chi connectivity index (χ0v) is 17.6. The van der Waals surface area contributed by atoms with Gasteiger partial charge in [0, 0.05) is 38.2 Å². The highest BCUT2D eigenvalue weighted by molar-refractivity contribution is 6.02. The van der Waals surface area contributed by atoms with Crippen LogP contribution in [0.4, 0.5) is 5.69 Å². The topological polar surface area (TPSA) is 102 Å². The lowest BCUT2D eigenvalue weighted by atomic mass is 9.95. The summed E-state index contributed by atoms with van der Waals surface area (Å²) in [5, 5.41) is 16.4. The van der Waals surface area contributed by atoms with Crippen LogP contribution in [0.5, 0.6) is 0 Å². The number of benzene rings is 1. The van der Waals surface area contributed by atoms with Crippen molar-refractivity contribution in [2.45, 2.75) is 57.3 Å². The molecule has 3 aliphatic heterocycles. The van der Waals surface area contributed by atoms with Crippen LogP contribution in [-0.2, 0) is 9.59 Å². The molecule has 3 amide bonds. The molecule has 8 heteroatoms. The Morgan fingerprint density at radius 2 is 1.97 bits per heavy atom. The van der Waals surface area contributed by atoms with Gasteiger partial charge in [-0.2, -0.15) is 0 Å². The van der Waals surface area contributed by atoms with Crippen molar-refractivity contribution in [1.82, 2.24) is 15.1 Å². The summed E-state index contributed by atoms with van der Waals surface area (Å²) < 4.78 is 0. The molecule has 0 unspecified atom stereocenters. The van der Waals surface area contributed by atoms with E-state index in [-0.39, 0.29) is 36.2 Å². The second-order valence-electron chi connectivity index (χ2n) is 8.84. The second kappa shape index (κ2) is 7.91. The van der Waals surface area contributed by atoms with Crippen molar-refractivity contribution in [3.63, 3.8) is 0 Å². The first-order valence-electron chi connectivity index (χ1n) is 10.8. The van der Waals surface area contributed by atoms with Crippen LogP contribution in [0, 0.1) is 5.92 Å². The number of piperidine rings is 1. The van der Waals surface area contributed by atoms with Gasteiger partial charge in [0.2, 0.25) is 11.8 Å². The summed E-state index contributed by atoms with van der Waals surface area (Å²) in [5.74, 6) is -0.272. The van der Waals surface area contributed by atoms with Crippen LogP contribution >= 0.6 is 0 Å². The lowest BCUT2D eigenvalue weighted by Crippen LogP contribution is -2.58. The Labute approximate surface area is 176 Å². The number of aliphatic hydroxyl groups is 1. The first-order chi connectivity index (χ1) is 14.3. The number of nitrogens with zero attached hydrogens (tertiary/aromatic N) is 2. The van der Waals surface area contributed by atoms with Gasteiger partial charge < -0.3 is 25.5 Å². The second-order valence-corrected chi connectivity index (χ2v) is 8.84. The summed E-state index contributed by atoms with van der Waals surface area (Å²) in [4.78, 5) is 41.9. The molecule has 0 aromatic heterocycles. The first kappa shape index (κ1) is 20.7. The summed E-state index contributed by atoms with van der Waals surface area (Å²) in [7, 11) is 0. The molecular formula is C22H30N4O4. The highest BCUT2D eigenvalue weighted by Crippen LogP contribution is 2.32. The number of hydrogen-bond acceptors (Lipinski definition) is 5. The van der Waals surface area contributed by atoms with Crippen molar-refractivity contribution in [3.8, 4) is 0 Å². The predicted octanol–water partition coefficient (Wildman–Crippen LogP) is 1.17. The van der Waals surface area contributed by atoms with Crippen LogP contribution in [0.1, 0.15) is 49.9 Å². The Morgan fingerprint density at radius 1 is 1.20 bits per heavy atom. The minimum atomic E-state index is -0.692. The highest BCUT2D eigenvalue weighted by Gasteiger charge is 2.42. The lowest BCUT2D eigenvalue weighted by Gasteiger charge is -2.40. The zero-order valence-electron chi connectivity index (χ0n) is 17.6. The summed E-state index contributed by atoms with van der Waals surface area (Å²) >= 11 is 0. The van der Waals surface area contributed by atoms with Crippen LogP contribution in [-0.4, -0.2) is 70.1 Å². The third kappa shape index (κ3) is 3.76. The Hall–Kier alpha value is -2.61. The van der Waals surface area contributed by atoms with Crippen molar-refractivity contribution >= 4 is 23.4 Å². The number of hydrogen-bond donors (Lipinski definition) is 3. The van der Waals surface area contributed by atoms with Gasteiger partial charge in [0.15, 0.2) is 0 Å². The quantitative estimate of drug-likeness (QED) is 0.674. The lowest BCUT2D eigenvalue weighted by molar-refractivity contribution is -0.147. The van der Waals surface area contributed by atoms with Crippen molar-refractivity contribution in [1.29, 1.82) is 0 Å². The number of para-hydroxylation sites is 1. The van der Waals surface area contributed by atoms with Gasteiger partial charge in [0.05, 0.1) is 11.7 Å². The maximum Gasteiger partial charge on any atom is 0.255 e. The van der Waals surface area contributed by atoms with Gasteiger partial charge in [-0.25, -0.2) is 0 Å². The van der Waals surface area contributed by atoms with E-state index in [1.807, 2.05) is 25.1 Å². The first-order valence-corrected chi connectivity index (χ1v) is 10.8. The standard InChI is InChI=1S/C22H30N4O4/c1-14-13-25(11-8-18(14)27)21(30)15(2)26-12-10-22(9-7-19(26)28)23-17-6-4-3-5-16(17)20(29)24-22/h3-6,14-15,18,23,27H,7-13H2,1-2H3,(H,24,29)/t14-,15+,18+,22-/m0/s1. The summed E-state index contributed by atoms with van der Waals surface area (Å²) in [6.07, 6.45) is 1.42. The Balaban J connectivity index is 1.47. The van der Waals surface area contributed by atoms with E-state index < -0.39 is 11.7 Å². The minimum Gasteiger partial charge on any atom is -0.393 e. The molecule has 3 N–H and O–H groups in total. The molecule has 4 rings (SSSR count). The van der Waals surface area contributed by atoms with Crippen LogP contribution < -0.4 is 10.6 Å². The average Bonchev–Trinajstić information content (AvgIpc) is 2.88. The number of fused-ring (bicyclic) bond motifs is 1. The monoisotopic (exact) mass is 414 g/mol. The number of rotatable bonds is 2. The molecular weight excluding hydrogens is 384 g/mol. The molecule has 4 atom stereocenters. The van der Waals surface area contributed by atoms with Gasteiger partial charge in [-0.1, -0.05) is 19.1 Å². The SMILES string of the molecule is C[C@H](C(=O)N1CC[C@@H](O)[C@@H](C)C1)N1CC[C@]2(CCC1=O)NC(=O)c1ccccc1N2. The average molecular weight is 415 g/mol. The molecule has 1 spiro atoms. The molecule has 0 radical (unpaired) electrons. The minimum absolute atomic E-state index is 0.0275. The molecule has 0 bridgehead atoms. The highest BCUT2D eigenvalue weighted by atomic mass is 16.3. The molecule has 8 nitrogen and oxygen atoms in total. The zero-order chi connectivity index (χ0) is 21.5. The van der Waals surface area contributed by atoms with Crippen LogP contribution in [0.25, 0.3) is 0 Å². The van der Waals surface area contributed by atoms with Crippen molar-refractivity contribution in [2.24, 2.45) is 5.92 Å². The largest absolute Gasteiger partial charge is 0.393 e. The predicted molar refractivity (Wildman–Crippen MR) is 112 cm³/mol. The molecule has 2 saturated heterocycles. The number of amides is 3. The molecule has 3 aliphatic rings. The molecule has 3 heterocycles. The molecule has 162 valence electrons. The van der Waals surface area contributed by atoms with Gasteiger partial charge >= 0.3 is 0 Å². The van der Waals surface area contributed by atoms with E-state index in [1.54, 1.807) is 22.8 Å². The van der Waals surface area contributed by atoms with Gasteiger partial charge in [0.1, 0.15) is 11.7 Å². The number of carbonyl (C=O) groups is 3. The smallest absolute Gasteiger partial charge is 0.255 e. The fraction of sp³-hybridized carbons (Fsp3) is 0.591. The third-order valence-corrected chi connectivity index (χ3v) is 6.76. The molecule has 1 aromatic rings. The number of nitrogens with one attached hydrogen (secondary N) is 2. The van der Waals surface area contributed by atoms with Gasteiger partial charge in [0.25, 0.3) is 5.91 Å².